The number of amides is 1. The van der Waals surface area contributed by atoms with Crippen molar-refractivity contribution in [3.63, 3.8) is 0 Å². The van der Waals surface area contributed by atoms with Crippen molar-refractivity contribution in [1.29, 1.82) is 0 Å². The van der Waals surface area contributed by atoms with Crippen molar-refractivity contribution in [2.75, 3.05) is 0 Å². The first-order chi connectivity index (χ1) is 11.7. The molecule has 1 aromatic carbocycles. The average molecular weight is 340 g/mol. The molecular formula is C21H28N2O2. The maximum absolute atomic E-state index is 12.4. The predicted molar refractivity (Wildman–Crippen MR) is 102 cm³/mol. The van der Waals surface area contributed by atoms with Gasteiger partial charge in [-0.05, 0) is 28.5 Å². The van der Waals surface area contributed by atoms with Gasteiger partial charge in [0.15, 0.2) is 0 Å². The van der Waals surface area contributed by atoms with Crippen LogP contribution in [0.25, 0.3) is 0 Å². The van der Waals surface area contributed by atoms with E-state index in [2.05, 4.69) is 64.2 Å². The molecule has 25 heavy (non-hydrogen) atoms. The third-order valence-electron chi connectivity index (χ3n) is 4.33. The summed E-state index contributed by atoms with van der Waals surface area (Å²) in [7, 11) is 0. The maximum atomic E-state index is 12.4. The summed E-state index contributed by atoms with van der Waals surface area (Å²) in [5.74, 6) is 0.0869. The molecule has 0 aliphatic rings. The van der Waals surface area contributed by atoms with Crippen molar-refractivity contribution < 1.29 is 4.79 Å². The molecule has 4 nitrogen and oxygen atoms in total. The monoisotopic (exact) mass is 340 g/mol. The molecule has 0 aliphatic carbocycles. The predicted octanol–water partition coefficient (Wildman–Crippen LogP) is 3.66. The van der Waals surface area contributed by atoms with Gasteiger partial charge in [-0.15, -0.1) is 0 Å². The fraction of sp³-hybridized carbons (Fsp3) is 0.429. The van der Waals surface area contributed by atoms with Gasteiger partial charge < -0.3 is 9.88 Å². The highest BCUT2D eigenvalue weighted by molar-refractivity contribution is 5.76. The minimum Gasteiger partial charge on any atom is -0.347 e. The zero-order chi connectivity index (χ0) is 18.6. The number of nitrogens with zero attached hydrogens (tertiary/aromatic N) is 1. The van der Waals surface area contributed by atoms with Gasteiger partial charge in [0.2, 0.25) is 5.91 Å². The van der Waals surface area contributed by atoms with Crippen LogP contribution >= 0.6 is 0 Å². The number of rotatable bonds is 5. The van der Waals surface area contributed by atoms with E-state index in [4.69, 9.17) is 0 Å². The molecule has 0 unspecified atom stereocenters. The minimum atomic E-state index is -0.173. The second-order valence-corrected chi connectivity index (χ2v) is 7.83. The SMILES string of the molecule is CC(C)[C@H](NC(=O)Cn1ccccc1=O)c1ccc(C(C)(C)C)cc1. The van der Waals surface area contributed by atoms with E-state index in [1.54, 1.807) is 18.3 Å². The van der Waals surface area contributed by atoms with Gasteiger partial charge in [-0.3, -0.25) is 9.59 Å². The van der Waals surface area contributed by atoms with Crippen molar-refractivity contribution in [3.05, 3.63) is 70.1 Å². The van der Waals surface area contributed by atoms with E-state index in [1.807, 2.05) is 0 Å². The van der Waals surface area contributed by atoms with E-state index in [0.29, 0.717) is 0 Å². The molecule has 0 aliphatic heterocycles. The topological polar surface area (TPSA) is 51.1 Å². The third-order valence-corrected chi connectivity index (χ3v) is 4.33. The first kappa shape index (κ1) is 19.0. The molecule has 2 aromatic rings. The number of hydrogen-bond donors (Lipinski definition) is 1. The van der Waals surface area contributed by atoms with Crippen LogP contribution in [0.5, 0.6) is 0 Å². The molecule has 4 heteroatoms. The normalized spacial score (nSPS) is 12.9. The molecule has 1 N–H and O–H groups in total. The summed E-state index contributed by atoms with van der Waals surface area (Å²) in [6, 6.07) is 13.2. The molecule has 0 fully saturated rings. The van der Waals surface area contributed by atoms with E-state index in [-0.39, 0.29) is 35.4 Å². The average Bonchev–Trinajstić information content (AvgIpc) is 2.54. The lowest BCUT2D eigenvalue weighted by molar-refractivity contribution is -0.122. The fourth-order valence-electron chi connectivity index (χ4n) is 2.79. The Labute approximate surface area is 149 Å². The molecule has 0 radical (unpaired) electrons. The molecule has 1 heterocycles. The van der Waals surface area contributed by atoms with Crippen LogP contribution in [-0.2, 0) is 16.8 Å². The summed E-state index contributed by atoms with van der Waals surface area (Å²) in [4.78, 5) is 24.2. The highest BCUT2D eigenvalue weighted by Crippen LogP contribution is 2.26. The molecular weight excluding hydrogens is 312 g/mol. The van der Waals surface area contributed by atoms with Crippen molar-refractivity contribution in [2.24, 2.45) is 5.92 Å². The Morgan fingerprint density at radius 1 is 1.08 bits per heavy atom. The van der Waals surface area contributed by atoms with Crippen molar-refractivity contribution in [3.8, 4) is 0 Å². The Balaban J connectivity index is 2.14. The maximum Gasteiger partial charge on any atom is 0.250 e. The van der Waals surface area contributed by atoms with E-state index >= 15 is 0 Å². The summed E-state index contributed by atoms with van der Waals surface area (Å²) >= 11 is 0. The fourth-order valence-corrected chi connectivity index (χ4v) is 2.79. The number of aromatic nitrogens is 1. The van der Waals surface area contributed by atoms with Crippen molar-refractivity contribution in [2.45, 2.75) is 52.6 Å². The third kappa shape index (κ3) is 5.05. The Bertz CT molecular complexity index is 767. The highest BCUT2D eigenvalue weighted by Gasteiger charge is 2.20. The Morgan fingerprint density at radius 3 is 2.24 bits per heavy atom. The molecule has 1 amide bonds. The number of benzene rings is 1. The van der Waals surface area contributed by atoms with Gasteiger partial charge in [0.1, 0.15) is 6.54 Å². The summed E-state index contributed by atoms with van der Waals surface area (Å²) in [6.07, 6.45) is 1.63. The molecule has 0 spiro atoms. The van der Waals surface area contributed by atoms with Gasteiger partial charge in [-0.2, -0.15) is 0 Å². The Kier molecular flexibility index (Phi) is 5.83. The molecule has 1 aromatic heterocycles. The number of carbonyl (C=O) groups excluding carboxylic acids is 1. The van der Waals surface area contributed by atoms with Crippen LogP contribution in [0.4, 0.5) is 0 Å². The minimum absolute atomic E-state index is 0.0307. The summed E-state index contributed by atoms with van der Waals surface area (Å²) < 4.78 is 1.41. The quantitative estimate of drug-likeness (QED) is 0.903. The van der Waals surface area contributed by atoms with Crippen LogP contribution in [-0.4, -0.2) is 10.5 Å². The number of nitrogens with one attached hydrogen (secondary N) is 1. The molecule has 0 saturated carbocycles. The second kappa shape index (κ2) is 7.68. The van der Waals surface area contributed by atoms with Gasteiger partial charge in [0, 0.05) is 12.3 Å². The second-order valence-electron chi connectivity index (χ2n) is 7.83. The standard InChI is InChI=1S/C21H28N2O2/c1-15(2)20(16-9-11-17(12-10-16)21(3,4)5)22-18(24)14-23-13-7-6-8-19(23)25/h6-13,15,20H,14H2,1-5H3,(H,22,24)/t20-/m0/s1. The van der Waals surface area contributed by atoms with Gasteiger partial charge in [-0.1, -0.05) is 65.0 Å². The van der Waals surface area contributed by atoms with Gasteiger partial charge in [0.05, 0.1) is 6.04 Å². The number of hydrogen-bond acceptors (Lipinski definition) is 2. The van der Waals surface area contributed by atoms with Crippen LogP contribution in [0.2, 0.25) is 0 Å². The van der Waals surface area contributed by atoms with Crippen LogP contribution in [0, 0.1) is 5.92 Å². The van der Waals surface area contributed by atoms with E-state index in [1.165, 1.54) is 16.2 Å². The van der Waals surface area contributed by atoms with Crippen LogP contribution in [0.1, 0.15) is 51.8 Å². The highest BCUT2D eigenvalue weighted by atomic mass is 16.2. The molecule has 0 saturated heterocycles. The molecule has 0 bridgehead atoms. The van der Waals surface area contributed by atoms with Gasteiger partial charge >= 0.3 is 0 Å². The van der Waals surface area contributed by atoms with Crippen molar-refractivity contribution in [1.82, 2.24) is 9.88 Å². The van der Waals surface area contributed by atoms with Crippen LogP contribution in [0.15, 0.2) is 53.5 Å². The Hall–Kier alpha value is -2.36. The lowest BCUT2D eigenvalue weighted by Gasteiger charge is -2.25. The van der Waals surface area contributed by atoms with Gasteiger partial charge in [0.25, 0.3) is 5.56 Å². The lowest BCUT2D eigenvalue weighted by atomic mass is 9.85. The van der Waals surface area contributed by atoms with Crippen molar-refractivity contribution >= 4 is 5.91 Å². The van der Waals surface area contributed by atoms with Crippen LogP contribution in [0.3, 0.4) is 0 Å². The van der Waals surface area contributed by atoms with E-state index < -0.39 is 0 Å². The summed E-state index contributed by atoms with van der Waals surface area (Å²) in [6.45, 7) is 10.7. The summed E-state index contributed by atoms with van der Waals surface area (Å²) in [5.41, 5.74) is 2.27. The molecule has 2 rings (SSSR count). The lowest BCUT2D eigenvalue weighted by Crippen LogP contribution is -2.36. The molecule has 1 atom stereocenters. The largest absolute Gasteiger partial charge is 0.347 e. The van der Waals surface area contributed by atoms with Crippen LogP contribution < -0.4 is 10.9 Å². The van der Waals surface area contributed by atoms with E-state index in [9.17, 15) is 9.59 Å². The first-order valence-electron chi connectivity index (χ1n) is 8.74. The van der Waals surface area contributed by atoms with E-state index in [0.717, 1.165) is 5.56 Å². The molecule has 134 valence electrons. The first-order valence-corrected chi connectivity index (χ1v) is 8.74. The van der Waals surface area contributed by atoms with Gasteiger partial charge in [-0.25, -0.2) is 0 Å². The number of carbonyl (C=O) groups is 1. The zero-order valence-electron chi connectivity index (χ0n) is 15.7. The Morgan fingerprint density at radius 2 is 1.72 bits per heavy atom. The zero-order valence-corrected chi connectivity index (χ0v) is 15.7. The summed E-state index contributed by atoms with van der Waals surface area (Å²) in [5, 5.41) is 3.07. The smallest absolute Gasteiger partial charge is 0.250 e. The number of pyridine rings is 1.